The molecule has 6 nitrogen and oxygen atoms in total. The molecule has 0 unspecified atom stereocenters. The molecule has 1 aliphatic rings. The smallest absolute Gasteiger partial charge is 0.407 e. The van der Waals surface area contributed by atoms with Crippen LogP contribution in [0.3, 0.4) is 0 Å². The highest BCUT2D eigenvalue weighted by Gasteiger charge is 2.30. The predicted molar refractivity (Wildman–Crippen MR) is 148 cm³/mol. The Balaban J connectivity index is 1.29. The summed E-state index contributed by atoms with van der Waals surface area (Å²) in [6.07, 6.45) is 2.13. The first-order chi connectivity index (χ1) is 17.7. The number of ether oxygens (including phenoxy) is 1. The largest absolute Gasteiger partial charge is 0.481 e. The van der Waals surface area contributed by atoms with Crippen LogP contribution in [0.15, 0.2) is 77.4 Å². The first-order valence-electron chi connectivity index (χ1n) is 12.3. The number of benzene rings is 3. The fraction of sp³-hybridized carbons (Fsp3) is 0.267. The minimum atomic E-state index is -0.835. The molecule has 0 bridgehead atoms. The second kappa shape index (κ2) is 10.1. The summed E-state index contributed by atoms with van der Waals surface area (Å²) in [5.41, 5.74) is 6.15. The van der Waals surface area contributed by atoms with Gasteiger partial charge in [-0.05, 0) is 66.3 Å². The minimum absolute atomic E-state index is 0.00539. The topological polar surface area (TPSA) is 80.6 Å². The van der Waals surface area contributed by atoms with Crippen LogP contribution >= 0.6 is 15.9 Å². The lowest BCUT2D eigenvalue weighted by molar-refractivity contribution is -0.137. The van der Waals surface area contributed by atoms with E-state index in [0.29, 0.717) is 13.0 Å². The molecule has 1 aliphatic carbocycles. The summed E-state index contributed by atoms with van der Waals surface area (Å²) in [6.45, 7) is 4.57. The molecular formula is C30H29BrN2O4. The molecule has 7 heteroatoms. The Morgan fingerprint density at radius 3 is 2.32 bits per heavy atom. The molecule has 190 valence electrons. The van der Waals surface area contributed by atoms with Crippen LogP contribution < -0.4 is 5.32 Å². The van der Waals surface area contributed by atoms with E-state index < -0.39 is 17.6 Å². The van der Waals surface area contributed by atoms with Crippen molar-refractivity contribution in [1.82, 2.24) is 9.88 Å². The van der Waals surface area contributed by atoms with E-state index in [1.54, 1.807) is 0 Å². The molecule has 1 aromatic heterocycles. The zero-order valence-corrected chi connectivity index (χ0v) is 22.4. The maximum absolute atomic E-state index is 12.9. The summed E-state index contributed by atoms with van der Waals surface area (Å²) < 4.78 is 8.67. The third kappa shape index (κ3) is 5.27. The highest BCUT2D eigenvalue weighted by Crippen LogP contribution is 2.44. The Bertz CT molecular complexity index is 1440. The van der Waals surface area contributed by atoms with Crippen molar-refractivity contribution >= 4 is 38.9 Å². The van der Waals surface area contributed by atoms with Crippen molar-refractivity contribution in [2.75, 3.05) is 6.61 Å². The Morgan fingerprint density at radius 2 is 1.68 bits per heavy atom. The van der Waals surface area contributed by atoms with Gasteiger partial charge in [0.1, 0.15) is 6.61 Å². The zero-order valence-electron chi connectivity index (χ0n) is 20.8. The first kappa shape index (κ1) is 25.1. The van der Waals surface area contributed by atoms with Gasteiger partial charge in [-0.3, -0.25) is 4.79 Å². The van der Waals surface area contributed by atoms with Crippen molar-refractivity contribution in [3.8, 4) is 11.1 Å². The first-order valence-corrected chi connectivity index (χ1v) is 13.1. The number of fused-ring (bicyclic) bond motifs is 4. The number of carbonyl (C=O) groups is 2. The van der Waals surface area contributed by atoms with Crippen LogP contribution in [0.25, 0.3) is 22.0 Å². The minimum Gasteiger partial charge on any atom is -0.481 e. The molecule has 1 heterocycles. The summed E-state index contributed by atoms with van der Waals surface area (Å²) >= 11 is 3.54. The molecule has 5 rings (SSSR count). The van der Waals surface area contributed by atoms with Gasteiger partial charge >= 0.3 is 12.1 Å². The van der Waals surface area contributed by atoms with E-state index in [9.17, 15) is 9.59 Å². The van der Waals surface area contributed by atoms with Crippen molar-refractivity contribution in [3.05, 3.63) is 94.1 Å². The number of carbonyl (C=O) groups excluding carboxylic acids is 1. The Hall–Kier alpha value is -3.58. The number of alkyl carbamates (subject to hydrolysis) is 1. The number of aromatic nitrogens is 1. The van der Waals surface area contributed by atoms with E-state index in [2.05, 4.69) is 45.5 Å². The number of carboxylic acid groups (broad SMARTS) is 1. The molecular weight excluding hydrogens is 532 g/mol. The second-order valence-corrected chi connectivity index (χ2v) is 11.1. The Labute approximate surface area is 224 Å². The summed E-state index contributed by atoms with van der Waals surface area (Å²) in [4.78, 5) is 24.0. The van der Waals surface area contributed by atoms with Gasteiger partial charge in [0.15, 0.2) is 0 Å². The Morgan fingerprint density at radius 1 is 1.03 bits per heavy atom. The average molecular weight is 561 g/mol. The molecule has 0 aliphatic heterocycles. The van der Waals surface area contributed by atoms with Crippen molar-refractivity contribution in [1.29, 1.82) is 0 Å². The fourth-order valence-electron chi connectivity index (χ4n) is 5.32. The van der Waals surface area contributed by atoms with Crippen LogP contribution in [0, 0.1) is 0 Å². The van der Waals surface area contributed by atoms with Gasteiger partial charge in [0, 0.05) is 39.6 Å². The SMILES string of the molecule is CC(C)(Cc1cn(CCC(=O)O)c2ccc(Br)cc12)NC(=O)OCC1c2ccccc2-c2ccccc21. The van der Waals surface area contributed by atoms with Crippen LogP contribution in [0.4, 0.5) is 4.79 Å². The molecule has 3 aromatic carbocycles. The number of halogens is 1. The van der Waals surface area contributed by atoms with Gasteiger partial charge in [0.25, 0.3) is 0 Å². The average Bonchev–Trinajstić information content (AvgIpc) is 3.35. The molecule has 1 amide bonds. The van der Waals surface area contributed by atoms with Gasteiger partial charge in [-0.25, -0.2) is 4.79 Å². The molecule has 0 saturated heterocycles. The molecule has 0 saturated carbocycles. The molecule has 0 fully saturated rings. The molecule has 0 radical (unpaired) electrons. The maximum Gasteiger partial charge on any atom is 0.407 e. The molecule has 2 N–H and O–H groups in total. The van der Waals surface area contributed by atoms with E-state index >= 15 is 0 Å². The van der Waals surface area contributed by atoms with E-state index in [1.807, 2.05) is 67.1 Å². The highest BCUT2D eigenvalue weighted by molar-refractivity contribution is 9.10. The van der Waals surface area contributed by atoms with Gasteiger partial charge in [-0.1, -0.05) is 64.5 Å². The number of nitrogens with zero attached hydrogens (tertiary/aromatic N) is 1. The summed E-state index contributed by atoms with van der Waals surface area (Å²) in [7, 11) is 0. The fourth-order valence-corrected chi connectivity index (χ4v) is 5.68. The number of carboxylic acids is 1. The number of rotatable bonds is 8. The number of aryl methyl sites for hydroxylation is 1. The number of amides is 1. The van der Waals surface area contributed by atoms with Crippen LogP contribution in [0.1, 0.15) is 42.9 Å². The van der Waals surface area contributed by atoms with Crippen LogP contribution in [0.5, 0.6) is 0 Å². The van der Waals surface area contributed by atoms with Gasteiger partial charge in [0.2, 0.25) is 0 Å². The summed E-state index contributed by atoms with van der Waals surface area (Å²) in [6, 6.07) is 22.5. The lowest BCUT2D eigenvalue weighted by Gasteiger charge is -2.26. The predicted octanol–water partition coefficient (Wildman–Crippen LogP) is 6.74. The van der Waals surface area contributed by atoms with Crippen LogP contribution in [-0.2, 0) is 22.5 Å². The normalized spacial score (nSPS) is 12.8. The lowest BCUT2D eigenvalue weighted by Crippen LogP contribution is -2.45. The van der Waals surface area contributed by atoms with E-state index in [0.717, 1.165) is 20.9 Å². The van der Waals surface area contributed by atoms with Gasteiger partial charge < -0.3 is 19.7 Å². The van der Waals surface area contributed by atoms with Gasteiger partial charge in [-0.15, -0.1) is 0 Å². The highest BCUT2D eigenvalue weighted by atomic mass is 79.9. The molecule has 0 spiro atoms. The van der Waals surface area contributed by atoms with Crippen molar-refractivity contribution in [2.24, 2.45) is 0 Å². The van der Waals surface area contributed by atoms with Crippen LogP contribution in [-0.4, -0.2) is 33.9 Å². The van der Waals surface area contributed by atoms with Gasteiger partial charge in [0.05, 0.1) is 6.42 Å². The van der Waals surface area contributed by atoms with Gasteiger partial charge in [-0.2, -0.15) is 0 Å². The number of hydrogen-bond acceptors (Lipinski definition) is 3. The summed E-state index contributed by atoms with van der Waals surface area (Å²) in [5.74, 6) is -0.830. The monoisotopic (exact) mass is 560 g/mol. The van der Waals surface area contributed by atoms with E-state index in [4.69, 9.17) is 9.84 Å². The summed E-state index contributed by atoms with van der Waals surface area (Å²) in [5, 5.41) is 13.2. The second-order valence-electron chi connectivity index (χ2n) is 10.2. The standard InChI is InChI=1S/C30H29BrN2O4/c1-30(2,16-19-17-33(14-13-28(34)35)27-12-11-20(31)15-25(19)27)32-29(36)37-18-26-23-9-5-3-7-21(23)22-8-4-6-10-24(22)26/h3-12,15,17,26H,13-14,16,18H2,1-2H3,(H,32,36)(H,34,35). The molecule has 37 heavy (non-hydrogen) atoms. The third-order valence-corrected chi connectivity index (χ3v) is 7.40. The quantitative estimate of drug-likeness (QED) is 0.250. The third-order valence-electron chi connectivity index (χ3n) is 6.91. The molecule has 4 aromatic rings. The lowest BCUT2D eigenvalue weighted by atomic mass is 9.95. The Kier molecular flexibility index (Phi) is 6.82. The van der Waals surface area contributed by atoms with Crippen molar-refractivity contribution in [2.45, 2.75) is 44.7 Å². The molecule has 0 atom stereocenters. The zero-order chi connectivity index (χ0) is 26.2. The number of hydrogen-bond donors (Lipinski definition) is 2. The van der Waals surface area contributed by atoms with Crippen molar-refractivity contribution < 1.29 is 19.4 Å². The van der Waals surface area contributed by atoms with E-state index in [-0.39, 0.29) is 18.9 Å². The maximum atomic E-state index is 12.9. The van der Waals surface area contributed by atoms with Crippen molar-refractivity contribution in [3.63, 3.8) is 0 Å². The van der Waals surface area contributed by atoms with E-state index in [1.165, 1.54) is 22.3 Å². The number of aliphatic carboxylic acids is 1. The van der Waals surface area contributed by atoms with Crippen LogP contribution in [0.2, 0.25) is 0 Å². The number of nitrogens with one attached hydrogen (secondary N) is 1.